The zero-order valence-electron chi connectivity index (χ0n) is 17.5. The largest absolute Gasteiger partial charge is 0.490 e. The molecule has 0 saturated carbocycles. The molecule has 3 aromatic carbocycles. The molecule has 0 aliphatic carbocycles. The molecule has 5 rings (SSSR count). The summed E-state index contributed by atoms with van der Waals surface area (Å²) in [5, 5.41) is 10.9. The molecule has 1 aliphatic heterocycles. The van der Waals surface area contributed by atoms with E-state index in [1.165, 1.54) is 0 Å². The van der Waals surface area contributed by atoms with E-state index in [1.54, 1.807) is 0 Å². The van der Waals surface area contributed by atoms with Crippen LogP contribution in [-0.2, 0) is 17.8 Å². The van der Waals surface area contributed by atoms with Gasteiger partial charge in [0.2, 0.25) is 5.91 Å². The number of fused-ring (bicyclic) bond motifs is 2. The summed E-state index contributed by atoms with van der Waals surface area (Å²) in [6, 6.07) is 21.2. The standard InChI is InChI=1S/C25H23N3O4/c29-24(14-18-7-10-22-23(13-18)31-12-4-11-30-22)26-25-20-15-19(8-9-21(20)27-28-25)32-16-17-5-2-1-3-6-17/h1-3,5-10,13,15H,4,11-12,14,16H2,(H2,26,27,28,29). The number of nitrogens with one attached hydrogen (secondary N) is 2. The molecule has 7 heteroatoms. The molecule has 0 saturated heterocycles. The molecule has 1 amide bonds. The molecular weight excluding hydrogens is 406 g/mol. The molecule has 162 valence electrons. The van der Waals surface area contributed by atoms with Gasteiger partial charge in [-0.2, -0.15) is 5.10 Å². The predicted molar refractivity (Wildman–Crippen MR) is 121 cm³/mol. The molecule has 2 heterocycles. The van der Waals surface area contributed by atoms with Crippen LogP contribution in [-0.4, -0.2) is 29.3 Å². The molecule has 0 spiro atoms. The summed E-state index contributed by atoms with van der Waals surface area (Å²) in [5.74, 6) is 2.42. The van der Waals surface area contributed by atoms with Crippen LogP contribution in [0.1, 0.15) is 17.5 Å². The zero-order valence-corrected chi connectivity index (χ0v) is 17.5. The van der Waals surface area contributed by atoms with E-state index in [2.05, 4.69) is 15.5 Å². The molecule has 0 atom stereocenters. The summed E-state index contributed by atoms with van der Waals surface area (Å²) in [6.07, 6.45) is 1.04. The van der Waals surface area contributed by atoms with Gasteiger partial charge in [-0.3, -0.25) is 9.89 Å². The number of hydrogen-bond donors (Lipinski definition) is 2. The lowest BCUT2D eigenvalue weighted by atomic mass is 10.1. The number of carbonyl (C=O) groups is 1. The van der Waals surface area contributed by atoms with Crippen LogP contribution in [0, 0.1) is 0 Å². The number of nitrogens with zero attached hydrogens (tertiary/aromatic N) is 1. The van der Waals surface area contributed by atoms with Crippen LogP contribution in [0.3, 0.4) is 0 Å². The van der Waals surface area contributed by atoms with Crippen LogP contribution in [0.25, 0.3) is 10.9 Å². The van der Waals surface area contributed by atoms with Crippen molar-refractivity contribution in [2.24, 2.45) is 0 Å². The van der Waals surface area contributed by atoms with E-state index >= 15 is 0 Å². The quantitative estimate of drug-likeness (QED) is 0.472. The summed E-state index contributed by atoms with van der Waals surface area (Å²) in [5.41, 5.74) is 2.75. The van der Waals surface area contributed by atoms with Crippen LogP contribution in [0.5, 0.6) is 17.2 Å². The first-order valence-corrected chi connectivity index (χ1v) is 10.6. The first-order valence-electron chi connectivity index (χ1n) is 10.6. The molecule has 0 radical (unpaired) electrons. The highest BCUT2D eigenvalue weighted by Gasteiger charge is 2.14. The molecule has 2 N–H and O–H groups in total. The van der Waals surface area contributed by atoms with Crippen LogP contribution < -0.4 is 19.5 Å². The highest BCUT2D eigenvalue weighted by molar-refractivity contribution is 6.00. The van der Waals surface area contributed by atoms with Gasteiger partial charge in [-0.25, -0.2) is 0 Å². The third-order valence-corrected chi connectivity index (χ3v) is 5.22. The minimum Gasteiger partial charge on any atom is -0.490 e. The maximum absolute atomic E-state index is 12.7. The number of carbonyl (C=O) groups excluding carboxylic acids is 1. The number of H-pyrrole nitrogens is 1. The van der Waals surface area contributed by atoms with Gasteiger partial charge in [-0.15, -0.1) is 0 Å². The first-order chi connectivity index (χ1) is 15.7. The maximum atomic E-state index is 12.7. The lowest BCUT2D eigenvalue weighted by molar-refractivity contribution is -0.115. The van der Waals surface area contributed by atoms with E-state index in [9.17, 15) is 4.79 Å². The van der Waals surface area contributed by atoms with E-state index in [4.69, 9.17) is 14.2 Å². The van der Waals surface area contributed by atoms with E-state index < -0.39 is 0 Å². The molecule has 7 nitrogen and oxygen atoms in total. The van der Waals surface area contributed by atoms with Crippen molar-refractivity contribution in [1.82, 2.24) is 10.2 Å². The van der Waals surface area contributed by atoms with Crippen LogP contribution in [0.15, 0.2) is 66.7 Å². The van der Waals surface area contributed by atoms with Crippen LogP contribution >= 0.6 is 0 Å². The Morgan fingerprint density at radius 1 is 0.969 bits per heavy atom. The van der Waals surface area contributed by atoms with Crippen molar-refractivity contribution < 1.29 is 19.0 Å². The number of anilines is 1. The topological polar surface area (TPSA) is 85.5 Å². The first kappa shape index (κ1) is 19.9. The molecule has 0 fully saturated rings. The van der Waals surface area contributed by atoms with Crippen molar-refractivity contribution in [3.63, 3.8) is 0 Å². The fraction of sp³-hybridized carbons (Fsp3) is 0.200. The van der Waals surface area contributed by atoms with Gasteiger partial charge in [0.15, 0.2) is 17.3 Å². The molecule has 32 heavy (non-hydrogen) atoms. The number of hydrogen-bond acceptors (Lipinski definition) is 5. The summed E-state index contributed by atoms with van der Waals surface area (Å²) in [7, 11) is 0. The van der Waals surface area contributed by atoms with E-state index in [0.29, 0.717) is 42.9 Å². The normalized spacial score (nSPS) is 12.9. The van der Waals surface area contributed by atoms with Crippen LogP contribution in [0.4, 0.5) is 5.82 Å². The lowest BCUT2D eigenvalue weighted by Crippen LogP contribution is -2.15. The Balaban J connectivity index is 1.27. The number of benzene rings is 3. The molecule has 0 unspecified atom stereocenters. The fourth-order valence-electron chi connectivity index (χ4n) is 3.60. The zero-order chi connectivity index (χ0) is 21.8. The second kappa shape index (κ2) is 9.01. The highest BCUT2D eigenvalue weighted by atomic mass is 16.5. The summed E-state index contributed by atoms with van der Waals surface area (Å²) < 4.78 is 17.3. The average Bonchev–Trinajstić information content (AvgIpc) is 3.05. The van der Waals surface area contributed by atoms with Gasteiger partial charge in [-0.05, 0) is 41.5 Å². The highest BCUT2D eigenvalue weighted by Crippen LogP contribution is 2.31. The Morgan fingerprint density at radius 2 is 1.81 bits per heavy atom. The van der Waals surface area contributed by atoms with Gasteiger partial charge in [0.25, 0.3) is 0 Å². The monoisotopic (exact) mass is 429 g/mol. The number of ether oxygens (including phenoxy) is 3. The van der Waals surface area contributed by atoms with Crippen molar-refractivity contribution in [3.8, 4) is 17.2 Å². The Morgan fingerprint density at radius 3 is 2.69 bits per heavy atom. The number of rotatable bonds is 6. The number of aromatic nitrogens is 2. The Hall–Kier alpha value is -4.00. The van der Waals surface area contributed by atoms with Crippen molar-refractivity contribution in [3.05, 3.63) is 77.9 Å². The maximum Gasteiger partial charge on any atom is 0.230 e. The van der Waals surface area contributed by atoms with E-state index in [-0.39, 0.29) is 12.3 Å². The smallest absolute Gasteiger partial charge is 0.230 e. The molecule has 1 aliphatic rings. The molecule has 1 aromatic heterocycles. The summed E-state index contributed by atoms with van der Waals surface area (Å²) in [4.78, 5) is 12.7. The number of aromatic amines is 1. The second-order valence-electron chi connectivity index (χ2n) is 7.61. The van der Waals surface area contributed by atoms with E-state index in [0.717, 1.165) is 28.5 Å². The summed E-state index contributed by atoms with van der Waals surface area (Å²) >= 11 is 0. The minimum absolute atomic E-state index is 0.163. The molecular formula is C25H23N3O4. The summed E-state index contributed by atoms with van der Waals surface area (Å²) in [6.45, 7) is 1.71. The van der Waals surface area contributed by atoms with Crippen molar-refractivity contribution in [1.29, 1.82) is 0 Å². The lowest BCUT2D eigenvalue weighted by Gasteiger charge is -2.09. The van der Waals surface area contributed by atoms with Gasteiger partial charge in [-0.1, -0.05) is 36.4 Å². The van der Waals surface area contributed by atoms with Gasteiger partial charge in [0.05, 0.1) is 25.2 Å². The van der Waals surface area contributed by atoms with Crippen molar-refractivity contribution in [2.75, 3.05) is 18.5 Å². The average molecular weight is 429 g/mol. The van der Waals surface area contributed by atoms with Crippen molar-refractivity contribution in [2.45, 2.75) is 19.4 Å². The van der Waals surface area contributed by atoms with Gasteiger partial charge < -0.3 is 19.5 Å². The Labute approximate surface area is 185 Å². The van der Waals surface area contributed by atoms with Crippen molar-refractivity contribution >= 4 is 22.6 Å². The third-order valence-electron chi connectivity index (χ3n) is 5.22. The molecule has 0 bridgehead atoms. The third kappa shape index (κ3) is 4.51. The predicted octanol–water partition coefficient (Wildman–Crippen LogP) is 4.48. The van der Waals surface area contributed by atoms with Crippen LogP contribution in [0.2, 0.25) is 0 Å². The Bertz CT molecular complexity index is 1240. The SMILES string of the molecule is O=C(Cc1ccc2c(c1)OCCCO2)Nc1n[nH]c2ccc(OCc3ccccc3)cc12. The minimum atomic E-state index is -0.163. The Kier molecular flexibility index (Phi) is 5.61. The van der Waals surface area contributed by atoms with Gasteiger partial charge in [0, 0.05) is 11.8 Å². The second-order valence-corrected chi connectivity index (χ2v) is 7.61. The molecule has 4 aromatic rings. The fourth-order valence-corrected chi connectivity index (χ4v) is 3.60. The van der Waals surface area contributed by atoms with Gasteiger partial charge >= 0.3 is 0 Å². The van der Waals surface area contributed by atoms with E-state index in [1.807, 2.05) is 66.7 Å². The number of amides is 1. The van der Waals surface area contributed by atoms with Gasteiger partial charge in [0.1, 0.15) is 12.4 Å².